The quantitative estimate of drug-likeness (QED) is 0.183. The average molecular weight is 695 g/mol. The zero-order valence-corrected chi connectivity index (χ0v) is 30.9. The highest BCUT2D eigenvalue weighted by Gasteiger charge is 2.55. The molecule has 0 spiro atoms. The van der Waals surface area contributed by atoms with Crippen molar-refractivity contribution >= 4 is 28.4 Å². The molecule has 1 aromatic heterocycles. The fourth-order valence-corrected chi connectivity index (χ4v) is 9.78. The van der Waals surface area contributed by atoms with Crippen LogP contribution in [-0.4, -0.2) is 4.57 Å². The molecule has 2 heteroatoms. The zero-order valence-electron chi connectivity index (χ0n) is 30.9. The average Bonchev–Trinajstić information content (AvgIpc) is 3.64. The second-order valence-corrected chi connectivity index (χ2v) is 15.7. The lowest BCUT2D eigenvalue weighted by atomic mass is 9.63. The molecule has 0 saturated heterocycles. The topological polar surface area (TPSA) is 17.0 Å². The maximum Gasteiger partial charge on any atom is 0.0538 e. The first-order valence-electron chi connectivity index (χ1n) is 19.1. The third-order valence-corrected chi connectivity index (χ3v) is 12.1. The summed E-state index contributed by atoms with van der Waals surface area (Å²) in [6.45, 7) is 7.37. The van der Waals surface area contributed by atoms with E-state index < -0.39 is 0 Å². The van der Waals surface area contributed by atoms with Crippen LogP contribution in [0.15, 0.2) is 182 Å². The lowest BCUT2D eigenvalue weighted by molar-refractivity contribution is 0.356. The van der Waals surface area contributed by atoms with Crippen LogP contribution in [0.4, 0.5) is 11.4 Å². The van der Waals surface area contributed by atoms with Gasteiger partial charge in [0.1, 0.15) is 0 Å². The van der Waals surface area contributed by atoms with E-state index in [1.807, 2.05) is 6.07 Å². The Labute approximate surface area is 318 Å². The van der Waals surface area contributed by atoms with Crippen LogP contribution in [0.2, 0.25) is 0 Å². The fraction of sp³-hybridized carbons (Fsp3) is 0.115. The standard InChI is InChI=1S/C52H42N2/c1-51(2)44-25-11-12-26-45(44)52(3)31-30-48-49(50(51)52)43-34-38(28-29-47(43)54(48)41-23-15-19-37(33-41)35-16-6-4-7-17-35)36-18-14-20-39(32-36)42-24-10-13-27-46(42)53-40-21-8-5-9-22-40/h4-34,50,53H,1-3H3. The zero-order chi connectivity index (χ0) is 36.4. The van der Waals surface area contributed by atoms with Gasteiger partial charge in [0.15, 0.2) is 0 Å². The van der Waals surface area contributed by atoms with Crippen LogP contribution in [0.25, 0.3) is 56.0 Å². The summed E-state index contributed by atoms with van der Waals surface area (Å²) in [6.07, 6.45) is 4.91. The van der Waals surface area contributed by atoms with Crippen molar-refractivity contribution in [3.63, 3.8) is 0 Å². The molecule has 0 bridgehead atoms. The predicted molar refractivity (Wildman–Crippen MR) is 228 cm³/mol. The van der Waals surface area contributed by atoms with Crippen molar-refractivity contribution in [1.82, 2.24) is 4.57 Å². The van der Waals surface area contributed by atoms with E-state index in [4.69, 9.17) is 0 Å². The van der Waals surface area contributed by atoms with Crippen molar-refractivity contribution in [3.8, 4) is 39.1 Å². The van der Waals surface area contributed by atoms with E-state index in [1.165, 1.54) is 72.4 Å². The van der Waals surface area contributed by atoms with Gasteiger partial charge in [-0.25, -0.2) is 0 Å². The summed E-state index contributed by atoms with van der Waals surface area (Å²) in [5.41, 5.74) is 17.3. The largest absolute Gasteiger partial charge is 0.355 e. The van der Waals surface area contributed by atoms with Crippen LogP contribution in [0, 0.1) is 0 Å². The third-order valence-electron chi connectivity index (χ3n) is 12.1. The normalized spacial score (nSPS) is 17.9. The van der Waals surface area contributed by atoms with E-state index in [0.717, 1.165) is 11.4 Å². The van der Waals surface area contributed by atoms with Crippen molar-refractivity contribution in [1.29, 1.82) is 0 Å². The lowest BCUT2D eigenvalue weighted by Gasteiger charge is -2.40. The van der Waals surface area contributed by atoms with Gasteiger partial charge < -0.3 is 9.88 Å². The minimum Gasteiger partial charge on any atom is -0.355 e. The molecule has 2 unspecified atom stereocenters. The van der Waals surface area contributed by atoms with E-state index in [0.29, 0.717) is 0 Å². The molecule has 0 saturated carbocycles. The number of aromatic nitrogens is 1. The van der Waals surface area contributed by atoms with Crippen molar-refractivity contribution in [2.24, 2.45) is 0 Å². The summed E-state index contributed by atoms with van der Waals surface area (Å²) in [5.74, 6) is 0.265. The first kappa shape index (κ1) is 32.3. The molecule has 2 nitrogen and oxygen atoms in total. The van der Waals surface area contributed by atoms with Gasteiger partial charge in [-0.05, 0) is 105 Å². The van der Waals surface area contributed by atoms with Crippen LogP contribution in [0.3, 0.4) is 0 Å². The molecule has 0 aliphatic heterocycles. The fourth-order valence-electron chi connectivity index (χ4n) is 9.78. The molecule has 1 N–H and O–H groups in total. The molecular weight excluding hydrogens is 653 g/mol. The highest BCUT2D eigenvalue weighted by molar-refractivity contribution is 5.96. The van der Waals surface area contributed by atoms with Crippen LogP contribution in [0.5, 0.6) is 0 Å². The van der Waals surface area contributed by atoms with Crippen molar-refractivity contribution < 1.29 is 0 Å². The molecular formula is C52H42N2. The number of benzene rings is 7. The molecule has 10 rings (SSSR count). The number of para-hydroxylation sites is 2. The number of fused-ring (bicyclic) bond motifs is 7. The van der Waals surface area contributed by atoms with Gasteiger partial charge >= 0.3 is 0 Å². The Morgan fingerprint density at radius 1 is 0.519 bits per heavy atom. The van der Waals surface area contributed by atoms with E-state index in [9.17, 15) is 0 Å². The summed E-state index contributed by atoms with van der Waals surface area (Å²) in [4.78, 5) is 0. The van der Waals surface area contributed by atoms with Gasteiger partial charge in [0, 0.05) is 39.3 Å². The smallest absolute Gasteiger partial charge is 0.0538 e. The number of nitrogens with one attached hydrogen (secondary N) is 1. The van der Waals surface area contributed by atoms with Gasteiger partial charge in [0.2, 0.25) is 0 Å². The van der Waals surface area contributed by atoms with Gasteiger partial charge in [-0.3, -0.25) is 0 Å². The molecule has 54 heavy (non-hydrogen) atoms. The Morgan fingerprint density at radius 3 is 1.96 bits per heavy atom. The maximum atomic E-state index is 3.65. The maximum absolute atomic E-state index is 3.65. The van der Waals surface area contributed by atoms with Gasteiger partial charge in [-0.1, -0.05) is 154 Å². The first-order valence-corrected chi connectivity index (χ1v) is 19.1. The van der Waals surface area contributed by atoms with Crippen LogP contribution in [-0.2, 0) is 10.8 Å². The monoisotopic (exact) mass is 694 g/mol. The second-order valence-electron chi connectivity index (χ2n) is 15.7. The van der Waals surface area contributed by atoms with E-state index in [1.54, 1.807) is 0 Å². The van der Waals surface area contributed by atoms with Crippen LogP contribution < -0.4 is 5.32 Å². The number of hydrogen-bond donors (Lipinski definition) is 1. The Balaban J connectivity index is 1.16. The number of hydrogen-bond acceptors (Lipinski definition) is 1. The van der Waals surface area contributed by atoms with Crippen molar-refractivity contribution in [3.05, 3.63) is 204 Å². The van der Waals surface area contributed by atoms with E-state index >= 15 is 0 Å². The summed E-state index contributed by atoms with van der Waals surface area (Å²) < 4.78 is 2.51. The predicted octanol–water partition coefficient (Wildman–Crippen LogP) is 13.7. The first-order chi connectivity index (χ1) is 26.4. The van der Waals surface area contributed by atoms with E-state index in [-0.39, 0.29) is 16.7 Å². The molecule has 0 radical (unpaired) electrons. The molecule has 2 aliphatic rings. The van der Waals surface area contributed by atoms with Crippen LogP contribution in [0.1, 0.15) is 49.1 Å². The lowest BCUT2D eigenvalue weighted by Crippen LogP contribution is -2.34. The van der Waals surface area contributed by atoms with Gasteiger partial charge in [-0.2, -0.15) is 0 Å². The Morgan fingerprint density at radius 2 is 1.15 bits per heavy atom. The number of anilines is 2. The third kappa shape index (κ3) is 5.01. The van der Waals surface area contributed by atoms with Gasteiger partial charge in [-0.15, -0.1) is 0 Å². The minimum atomic E-state index is -0.122. The highest BCUT2D eigenvalue weighted by atomic mass is 15.0. The highest BCUT2D eigenvalue weighted by Crippen LogP contribution is 2.63. The molecule has 1 heterocycles. The molecule has 0 fully saturated rings. The molecule has 7 aromatic carbocycles. The summed E-state index contributed by atoms with van der Waals surface area (Å²) in [7, 11) is 0. The number of rotatable bonds is 6. The number of nitrogens with zero attached hydrogens (tertiary/aromatic N) is 1. The molecule has 2 aliphatic carbocycles. The van der Waals surface area contributed by atoms with E-state index in [2.05, 4.69) is 213 Å². The van der Waals surface area contributed by atoms with Crippen molar-refractivity contribution in [2.45, 2.75) is 37.5 Å². The Bertz CT molecular complexity index is 2730. The molecule has 0 amide bonds. The Kier molecular flexibility index (Phi) is 7.39. The SMILES string of the molecule is CC1(C)c2ccccc2C2(C)C=Cc3c(c4cc(-c5cccc(-c6ccccc6Nc6ccccc6)c5)ccc4n3-c3cccc(-c4ccccc4)c3)C12. The Hall–Kier alpha value is -6.38. The minimum absolute atomic E-state index is 0.0682. The van der Waals surface area contributed by atoms with Crippen LogP contribution >= 0.6 is 0 Å². The second kappa shape index (κ2) is 12.4. The van der Waals surface area contributed by atoms with Crippen molar-refractivity contribution in [2.75, 3.05) is 5.32 Å². The summed E-state index contributed by atoms with van der Waals surface area (Å²) in [6, 6.07) is 64.0. The van der Waals surface area contributed by atoms with Gasteiger partial charge in [0.05, 0.1) is 11.2 Å². The number of allylic oxidation sites excluding steroid dienone is 1. The molecule has 2 atom stereocenters. The summed E-state index contributed by atoms with van der Waals surface area (Å²) >= 11 is 0. The van der Waals surface area contributed by atoms with Gasteiger partial charge in [0.25, 0.3) is 0 Å². The molecule has 260 valence electrons. The summed E-state index contributed by atoms with van der Waals surface area (Å²) in [5, 5.41) is 4.98. The molecule has 8 aromatic rings.